The summed E-state index contributed by atoms with van der Waals surface area (Å²) in [6.07, 6.45) is -11.3. The Bertz CT molecular complexity index is 206. The van der Waals surface area contributed by atoms with Gasteiger partial charge in [0, 0.05) is 0 Å². The number of alkyl halides is 6. The Hall–Kier alpha value is -0.760. The number of halogens is 6. The third-order valence-corrected chi connectivity index (χ3v) is 1.18. The van der Waals surface area contributed by atoms with Gasteiger partial charge in [-0.1, -0.05) is 6.58 Å². The second-order valence-electron chi connectivity index (χ2n) is 2.26. The van der Waals surface area contributed by atoms with E-state index in [1.807, 2.05) is 0 Å². The molecule has 0 aromatic carbocycles. The zero-order chi connectivity index (χ0) is 11.6. The highest BCUT2D eigenvalue weighted by Gasteiger charge is 2.65. The van der Waals surface area contributed by atoms with Crippen molar-refractivity contribution in [3.63, 3.8) is 0 Å². The fraction of sp³-hybridized carbons (Fsp3) is 0.667. The molecule has 0 spiro atoms. The monoisotopic (exact) mass is 223 g/mol. The predicted octanol–water partition coefficient (Wildman–Crippen LogP) is 1.97. The summed E-state index contributed by atoms with van der Waals surface area (Å²) in [6.45, 7) is 2.86. The van der Waals surface area contributed by atoms with Crippen LogP contribution in [0.4, 0.5) is 26.3 Å². The molecule has 2 N–H and O–H groups in total. The molecule has 0 bridgehead atoms. The summed E-state index contributed by atoms with van der Waals surface area (Å²) in [5.74, 6) is -5.59. The molecule has 0 saturated heterocycles. The zero-order valence-electron chi connectivity index (χ0n) is 6.69. The number of hydrogen-bond donors (Lipinski definition) is 1. The van der Waals surface area contributed by atoms with Gasteiger partial charge < -0.3 is 5.73 Å². The van der Waals surface area contributed by atoms with E-state index in [-0.39, 0.29) is 0 Å². The summed E-state index contributed by atoms with van der Waals surface area (Å²) in [5.41, 5.74) is 4.66. The molecule has 1 unspecified atom stereocenters. The van der Waals surface area contributed by atoms with Gasteiger partial charge in [0.15, 0.2) is 0 Å². The van der Waals surface area contributed by atoms with E-state index < -0.39 is 24.7 Å². The van der Waals surface area contributed by atoms with E-state index in [2.05, 4.69) is 17.0 Å². The van der Waals surface area contributed by atoms with Gasteiger partial charge in [-0.15, -0.1) is 0 Å². The van der Waals surface area contributed by atoms with Crippen molar-refractivity contribution in [1.29, 1.82) is 0 Å². The molecule has 0 saturated carbocycles. The summed E-state index contributed by atoms with van der Waals surface area (Å²) >= 11 is 0. The lowest BCUT2D eigenvalue weighted by atomic mass is 10.3. The Morgan fingerprint density at radius 1 is 1.21 bits per heavy atom. The van der Waals surface area contributed by atoms with Crippen LogP contribution in [0.25, 0.3) is 0 Å². The van der Waals surface area contributed by atoms with E-state index in [1.165, 1.54) is 0 Å². The third kappa shape index (κ3) is 2.61. The van der Waals surface area contributed by atoms with E-state index in [0.717, 1.165) is 0 Å². The second-order valence-corrected chi connectivity index (χ2v) is 2.26. The largest absolute Gasteiger partial charge is 0.427 e. The van der Waals surface area contributed by atoms with Gasteiger partial charge in [-0.25, -0.2) is 8.78 Å². The summed E-state index contributed by atoms with van der Waals surface area (Å²) in [4.78, 5) is 0. The summed E-state index contributed by atoms with van der Waals surface area (Å²) in [6, 6.07) is 0. The smallest absolute Gasteiger partial charge is 0.303 e. The quantitative estimate of drug-likeness (QED) is 0.439. The molecule has 8 heteroatoms. The standard InChI is InChI=1S/C6H7F6NO/c1-2-3(13)14-6(11,12)5(9,10)4(7)8/h2-4H,1,13H2. The van der Waals surface area contributed by atoms with Crippen LogP contribution in [0.3, 0.4) is 0 Å². The lowest BCUT2D eigenvalue weighted by Crippen LogP contribution is -2.50. The van der Waals surface area contributed by atoms with Crippen LogP contribution in [0.1, 0.15) is 0 Å². The Labute approximate surface area is 75.3 Å². The highest BCUT2D eigenvalue weighted by Crippen LogP contribution is 2.40. The van der Waals surface area contributed by atoms with Crippen molar-refractivity contribution in [1.82, 2.24) is 0 Å². The first-order valence-electron chi connectivity index (χ1n) is 3.25. The minimum Gasteiger partial charge on any atom is -0.303 e. The summed E-state index contributed by atoms with van der Waals surface area (Å²) < 4.78 is 75.0. The molecule has 0 aliphatic carbocycles. The van der Waals surface area contributed by atoms with Crippen LogP contribution >= 0.6 is 0 Å². The van der Waals surface area contributed by atoms with Crippen molar-refractivity contribution in [3.05, 3.63) is 12.7 Å². The van der Waals surface area contributed by atoms with Crippen LogP contribution in [0.2, 0.25) is 0 Å². The lowest BCUT2D eigenvalue weighted by molar-refractivity contribution is -0.381. The molecule has 0 heterocycles. The van der Waals surface area contributed by atoms with Gasteiger partial charge in [-0.3, -0.25) is 4.74 Å². The summed E-state index contributed by atoms with van der Waals surface area (Å²) in [5, 5.41) is 0. The molecule has 0 amide bonds. The molecule has 0 aromatic heterocycles. The maximum Gasteiger partial charge on any atom is 0.427 e. The first-order chi connectivity index (χ1) is 6.15. The molecule has 0 aliphatic heterocycles. The third-order valence-electron chi connectivity index (χ3n) is 1.18. The molecular weight excluding hydrogens is 216 g/mol. The van der Waals surface area contributed by atoms with Crippen LogP contribution in [0, 0.1) is 0 Å². The minimum atomic E-state index is -5.59. The van der Waals surface area contributed by atoms with Gasteiger partial charge in [0.2, 0.25) is 0 Å². The van der Waals surface area contributed by atoms with Crippen LogP contribution in [0.5, 0.6) is 0 Å². The van der Waals surface area contributed by atoms with E-state index in [0.29, 0.717) is 6.08 Å². The van der Waals surface area contributed by atoms with Crippen molar-refractivity contribution in [2.45, 2.75) is 24.7 Å². The minimum absolute atomic E-state index is 0.565. The Balaban J connectivity index is 4.67. The fourth-order valence-electron chi connectivity index (χ4n) is 0.425. The molecule has 0 aliphatic rings. The van der Waals surface area contributed by atoms with E-state index >= 15 is 0 Å². The van der Waals surface area contributed by atoms with Gasteiger partial charge in [0.05, 0.1) is 0 Å². The fourth-order valence-corrected chi connectivity index (χ4v) is 0.425. The van der Waals surface area contributed by atoms with Gasteiger partial charge in [0.1, 0.15) is 6.23 Å². The second kappa shape index (κ2) is 4.18. The molecule has 0 rings (SSSR count). The van der Waals surface area contributed by atoms with Crippen LogP contribution in [-0.4, -0.2) is 24.7 Å². The predicted molar refractivity (Wildman–Crippen MR) is 35.2 cm³/mol. The van der Waals surface area contributed by atoms with Crippen LogP contribution < -0.4 is 5.73 Å². The van der Waals surface area contributed by atoms with Crippen molar-refractivity contribution in [2.75, 3.05) is 0 Å². The average molecular weight is 223 g/mol. The molecule has 0 radical (unpaired) electrons. The topological polar surface area (TPSA) is 35.2 Å². The maximum absolute atomic E-state index is 12.3. The van der Waals surface area contributed by atoms with Crippen molar-refractivity contribution in [3.8, 4) is 0 Å². The molecule has 0 fully saturated rings. The first kappa shape index (κ1) is 13.2. The van der Waals surface area contributed by atoms with Crippen LogP contribution in [0.15, 0.2) is 12.7 Å². The maximum atomic E-state index is 12.3. The molecular formula is C6H7F6NO. The SMILES string of the molecule is C=CC(N)OC(F)(F)C(F)(F)C(F)F. The number of ether oxygens (including phenoxy) is 1. The molecule has 2 nitrogen and oxygen atoms in total. The molecule has 84 valence electrons. The molecule has 1 atom stereocenters. The highest BCUT2D eigenvalue weighted by molar-refractivity contribution is 4.83. The van der Waals surface area contributed by atoms with Crippen LogP contribution in [-0.2, 0) is 4.74 Å². The van der Waals surface area contributed by atoms with Crippen molar-refractivity contribution in [2.24, 2.45) is 5.73 Å². The van der Waals surface area contributed by atoms with Gasteiger partial charge in [0.25, 0.3) is 0 Å². The lowest BCUT2D eigenvalue weighted by Gasteiger charge is -2.26. The van der Waals surface area contributed by atoms with Gasteiger partial charge in [-0.05, 0) is 6.08 Å². The normalized spacial score (nSPS) is 15.7. The molecule has 14 heavy (non-hydrogen) atoms. The highest BCUT2D eigenvalue weighted by atomic mass is 19.3. The Kier molecular flexibility index (Phi) is 3.95. The number of nitrogens with two attached hydrogens (primary N) is 1. The number of hydrogen-bond acceptors (Lipinski definition) is 2. The molecule has 0 aromatic rings. The zero-order valence-corrected chi connectivity index (χ0v) is 6.69. The van der Waals surface area contributed by atoms with Gasteiger partial charge in [-0.2, -0.15) is 17.6 Å². The van der Waals surface area contributed by atoms with E-state index in [9.17, 15) is 26.3 Å². The van der Waals surface area contributed by atoms with Gasteiger partial charge >= 0.3 is 18.5 Å². The Morgan fingerprint density at radius 3 is 1.93 bits per heavy atom. The van der Waals surface area contributed by atoms with E-state index in [4.69, 9.17) is 0 Å². The summed E-state index contributed by atoms with van der Waals surface area (Å²) in [7, 11) is 0. The average Bonchev–Trinajstić information content (AvgIpc) is 2.02. The number of rotatable bonds is 5. The van der Waals surface area contributed by atoms with Crippen molar-refractivity contribution >= 4 is 0 Å². The Morgan fingerprint density at radius 2 is 1.64 bits per heavy atom. The van der Waals surface area contributed by atoms with Crippen molar-refractivity contribution < 1.29 is 31.1 Å². The first-order valence-corrected chi connectivity index (χ1v) is 3.25. The van der Waals surface area contributed by atoms with E-state index in [1.54, 1.807) is 0 Å².